The number of rotatable bonds is 3. The van der Waals surface area contributed by atoms with E-state index in [-0.39, 0.29) is 11.5 Å². The van der Waals surface area contributed by atoms with Crippen LogP contribution in [0.4, 0.5) is 0 Å². The number of aryl methyl sites for hydroxylation is 1. The molecule has 0 bridgehead atoms. The molecule has 24 heavy (non-hydrogen) atoms. The molecule has 1 saturated heterocycles. The van der Waals surface area contributed by atoms with Crippen molar-refractivity contribution in [3.05, 3.63) is 47.7 Å². The van der Waals surface area contributed by atoms with Crippen molar-refractivity contribution in [2.45, 2.75) is 51.7 Å². The molecule has 1 spiro atoms. The minimum Gasteiger partial charge on any atom is -0.460 e. The van der Waals surface area contributed by atoms with Gasteiger partial charge >= 0.3 is 0 Å². The van der Waals surface area contributed by atoms with E-state index < -0.39 is 0 Å². The topological polar surface area (TPSA) is 36.6 Å². The lowest BCUT2D eigenvalue weighted by atomic mass is 9.76. The third-order valence-electron chi connectivity index (χ3n) is 5.92. The summed E-state index contributed by atoms with van der Waals surface area (Å²) < 4.78 is 6.09. The van der Waals surface area contributed by atoms with Gasteiger partial charge in [-0.3, -0.25) is 4.90 Å². The molecule has 2 fully saturated rings. The average Bonchev–Trinajstić information content (AvgIpc) is 3.17. The minimum absolute atomic E-state index is 0.111. The quantitative estimate of drug-likeness (QED) is 0.909. The number of hydrogen-bond acceptors (Lipinski definition) is 3. The van der Waals surface area contributed by atoms with E-state index in [1.165, 1.54) is 31.2 Å². The van der Waals surface area contributed by atoms with Gasteiger partial charge in [-0.1, -0.05) is 36.2 Å². The predicted octanol–water partition coefficient (Wildman–Crippen LogP) is 4.38. The zero-order valence-corrected chi connectivity index (χ0v) is 14.5. The molecule has 1 N–H and O–H groups in total. The fourth-order valence-electron chi connectivity index (χ4n) is 4.55. The molecule has 1 aromatic heterocycles. The van der Waals surface area contributed by atoms with E-state index in [1.54, 1.807) is 0 Å². The van der Waals surface area contributed by atoms with Gasteiger partial charge in [-0.2, -0.15) is 0 Å². The van der Waals surface area contributed by atoms with Gasteiger partial charge in [-0.15, -0.1) is 0 Å². The van der Waals surface area contributed by atoms with Crippen LogP contribution in [-0.2, 0) is 6.54 Å². The Balaban J connectivity index is 1.45. The standard InChI is InChI=1S/C21H27NO2/c1-16-5-7-17(8-6-16)19-10-9-18(24-19)14-22-13-3-12-21(15-22)11-2-4-20(21)23/h5-10,20,23H,2-4,11-15H2,1H3/t20-,21-/m1/s1. The maximum atomic E-state index is 10.4. The first-order chi connectivity index (χ1) is 11.6. The zero-order chi connectivity index (χ0) is 16.6. The lowest BCUT2D eigenvalue weighted by molar-refractivity contribution is -0.0136. The molecule has 3 heteroatoms. The molecule has 2 atom stereocenters. The van der Waals surface area contributed by atoms with Crippen molar-refractivity contribution in [1.82, 2.24) is 4.90 Å². The second-order valence-electron chi connectivity index (χ2n) is 7.72. The summed E-state index contributed by atoms with van der Waals surface area (Å²) in [6, 6.07) is 12.6. The summed E-state index contributed by atoms with van der Waals surface area (Å²) in [4.78, 5) is 2.47. The Kier molecular flexibility index (Phi) is 4.23. The van der Waals surface area contributed by atoms with Crippen molar-refractivity contribution >= 4 is 0 Å². The monoisotopic (exact) mass is 325 g/mol. The molecule has 2 aromatic rings. The first kappa shape index (κ1) is 15.9. The summed E-state index contributed by atoms with van der Waals surface area (Å²) in [7, 11) is 0. The van der Waals surface area contributed by atoms with E-state index in [0.29, 0.717) is 0 Å². The van der Waals surface area contributed by atoms with Crippen LogP contribution in [0.1, 0.15) is 43.4 Å². The number of piperidine rings is 1. The van der Waals surface area contributed by atoms with E-state index in [1.807, 2.05) is 0 Å². The van der Waals surface area contributed by atoms with Crippen LogP contribution in [-0.4, -0.2) is 29.2 Å². The van der Waals surface area contributed by atoms with Gasteiger partial charge in [0.25, 0.3) is 0 Å². The largest absolute Gasteiger partial charge is 0.460 e. The summed E-state index contributed by atoms with van der Waals surface area (Å²) >= 11 is 0. The Morgan fingerprint density at radius 2 is 1.92 bits per heavy atom. The Morgan fingerprint density at radius 1 is 1.12 bits per heavy atom. The second-order valence-corrected chi connectivity index (χ2v) is 7.72. The molecule has 128 valence electrons. The normalized spacial score (nSPS) is 27.8. The molecule has 2 heterocycles. The molecular weight excluding hydrogens is 298 g/mol. The van der Waals surface area contributed by atoms with Crippen LogP contribution in [0.3, 0.4) is 0 Å². The van der Waals surface area contributed by atoms with Crippen molar-refractivity contribution in [3.63, 3.8) is 0 Å². The number of furan rings is 1. The van der Waals surface area contributed by atoms with Gasteiger partial charge in [0.05, 0.1) is 12.6 Å². The zero-order valence-electron chi connectivity index (χ0n) is 14.5. The third kappa shape index (κ3) is 3.03. The number of hydrogen-bond donors (Lipinski definition) is 1. The number of benzene rings is 1. The van der Waals surface area contributed by atoms with Gasteiger partial charge in [0.1, 0.15) is 11.5 Å². The van der Waals surface area contributed by atoms with Gasteiger partial charge in [0.15, 0.2) is 0 Å². The van der Waals surface area contributed by atoms with E-state index >= 15 is 0 Å². The summed E-state index contributed by atoms with van der Waals surface area (Å²) in [5.41, 5.74) is 2.54. The van der Waals surface area contributed by atoms with Crippen molar-refractivity contribution in [3.8, 4) is 11.3 Å². The number of aliphatic hydroxyl groups is 1. The molecule has 1 aromatic carbocycles. The Hall–Kier alpha value is -1.58. The Labute approximate surface area is 144 Å². The predicted molar refractivity (Wildman–Crippen MR) is 95.7 cm³/mol. The molecule has 1 aliphatic heterocycles. The molecular formula is C21H27NO2. The lowest BCUT2D eigenvalue weighted by Crippen LogP contribution is -2.46. The molecule has 1 aliphatic carbocycles. The first-order valence-corrected chi connectivity index (χ1v) is 9.21. The fraction of sp³-hybridized carbons (Fsp3) is 0.524. The molecule has 0 radical (unpaired) electrons. The summed E-state index contributed by atoms with van der Waals surface area (Å²) in [5.74, 6) is 1.97. The van der Waals surface area contributed by atoms with Crippen molar-refractivity contribution in [1.29, 1.82) is 0 Å². The average molecular weight is 325 g/mol. The van der Waals surface area contributed by atoms with Gasteiger partial charge in [-0.05, 0) is 51.3 Å². The van der Waals surface area contributed by atoms with Gasteiger partial charge < -0.3 is 9.52 Å². The minimum atomic E-state index is -0.111. The Bertz CT molecular complexity index is 690. The highest BCUT2D eigenvalue weighted by atomic mass is 16.3. The highest BCUT2D eigenvalue weighted by molar-refractivity contribution is 5.57. The number of aliphatic hydroxyl groups excluding tert-OH is 1. The highest BCUT2D eigenvalue weighted by Gasteiger charge is 2.44. The van der Waals surface area contributed by atoms with Crippen LogP contribution in [0.15, 0.2) is 40.8 Å². The molecule has 3 nitrogen and oxygen atoms in total. The van der Waals surface area contributed by atoms with Crippen LogP contribution in [0.5, 0.6) is 0 Å². The van der Waals surface area contributed by atoms with E-state index in [9.17, 15) is 5.11 Å². The van der Waals surface area contributed by atoms with Crippen molar-refractivity contribution in [2.75, 3.05) is 13.1 Å². The molecule has 1 saturated carbocycles. The number of likely N-dealkylation sites (tertiary alicyclic amines) is 1. The number of nitrogens with zero attached hydrogens (tertiary/aromatic N) is 1. The lowest BCUT2D eigenvalue weighted by Gasteiger charge is -2.42. The van der Waals surface area contributed by atoms with Gasteiger partial charge in [0, 0.05) is 17.5 Å². The van der Waals surface area contributed by atoms with E-state index in [2.05, 4.69) is 48.2 Å². The van der Waals surface area contributed by atoms with Crippen LogP contribution in [0.2, 0.25) is 0 Å². The molecule has 2 aliphatic rings. The SMILES string of the molecule is Cc1ccc(-c2ccc(CN3CCC[C@]4(CCC[C@H]4O)C3)o2)cc1. The Morgan fingerprint density at radius 3 is 2.67 bits per heavy atom. The molecule has 0 amide bonds. The van der Waals surface area contributed by atoms with Gasteiger partial charge in [0.2, 0.25) is 0 Å². The smallest absolute Gasteiger partial charge is 0.134 e. The maximum absolute atomic E-state index is 10.4. The maximum Gasteiger partial charge on any atom is 0.134 e. The first-order valence-electron chi connectivity index (χ1n) is 9.21. The van der Waals surface area contributed by atoms with Crippen LogP contribution >= 0.6 is 0 Å². The van der Waals surface area contributed by atoms with Crippen LogP contribution < -0.4 is 0 Å². The fourth-order valence-corrected chi connectivity index (χ4v) is 4.55. The van der Waals surface area contributed by atoms with Gasteiger partial charge in [-0.25, -0.2) is 0 Å². The van der Waals surface area contributed by atoms with E-state index in [0.717, 1.165) is 43.1 Å². The van der Waals surface area contributed by atoms with Crippen molar-refractivity contribution < 1.29 is 9.52 Å². The molecule has 0 unspecified atom stereocenters. The third-order valence-corrected chi connectivity index (χ3v) is 5.92. The highest BCUT2D eigenvalue weighted by Crippen LogP contribution is 2.45. The van der Waals surface area contributed by atoms with Crippen molar-refractivity contribution in [2.24, 2.45) is 5.41 Å². The van der Waals surface area contributed by atoms with Crippen LogP contribution in [0.25, 0.3) is 11.3 Å². The summed E-state index contributed by atoms with van der Waals surface area (Å²) in [5, 5.41) is 10.4. The second kappa shape index (κ2) is 6.38. The summed E-state index contributed by atoms with van der Waals surface area (Å²) in [6.07, 6.45) is 5.58. The van der Waals surface area contributed by atoms with Crippen LogP contribution in [0, 0.1) is 12.3 Å². The van der Waals surface area contributed by atoms with E-state index in [4.69, 9.17) is 4.42 Å². The molecule has 4 rings (SSSR count). The summed E-state index contributed by atoms with van der Waals surface area (Å²) in [6.45, 7) is 5.06.